The van der Waals surface area contributed by atoms with Crippen LogP contribution in [-0.2, 0) is 0 Å². The summed E-state index contributed by atoms with van der Waals surface area (Å²) in [4.78, 5) is 12.4. The van der Waals surface area contributed by atoms with Crippen LogP contribution in [0.3, 0.4) is 0 Å². The third kappa shape index (κ3) is 2.68. The molecule has 104 valence electrons. The lowest BCUT2D eigenvalue weighted by molar-refractivity contribution is 0.0915. The molecule has 0 aromatic heterocycles. The summed E-state index contributed by atoms with van der Waals surface area (Å²) in [7, 11) is 0. The molecule has 1 fully saturated rings. The average Bonchev–Trinajstić information content (AvgIpc) is 2.49. The van der Waals surface area contributed by atoms with E-state index in [1.807, 2.05) is 36.4 Å². The second-order valence-electron chi connectivity index (χ2n) is 5.61. The molecule has 2 unspecified atom stereocenters. The predicted molar refractivity (Wildman–Crippen MR) is 81.9 cm³/mol. The summed E-state index contributed by atoms with van der Waals surface area (Å²) in [5, 5.41) is 8.76. The van der Waals surface area contributed by atoms with Gasteiger partial charge < -0.3 is 10.6 Å². The lowest BCUT2D eigenvalue weighted by atomic mass is 9.94. The maximum atomic E-state index is 12.4. The fraction of sp³-hybridized carbons (Fsp3) is 0.353. The Kier molecular flexibility index (Phi) is 3.70. The average molecular weight is 268 g/mol. The van der Waals surface area contributed by atoms with E-state index >= 15 is 0 Å². The van der Waals surface area contributed by atoms with Crippen molar-refractivity contribution in [2.24, 2.45) is 5.92 Å². The molecule has 1 heterocycles. The molecule has 1 saturated heterocycles. The summed E-state index contributed by atoms with van der Waals surface area (Å²) < 4.78 is 0. The molecule has 1 aliphatic heterocycles. The fourth-order valence-corrected chi connectivity index (χ4v) is 2.77. The first kappa shape index (κ1) is 13.1. The van der Waals surface area contributed by atoms with E-state index in [0.29, 0.717) is 5.92 Å². The molecule has 0 saturated carbocycles. The Morgan fingerprint density at radius 3 is 2.80 bits per heavy atom. The first-order valence-electron chi connectivity index (χ1n) is 7.24. The second-order valence-corrected chi connectivity index (χ2v) is 5.61. The van der Waals surface area contributed by atoms with Crippen molar-refractivity contribution in [2.75, 3.05) is 13.1 Å². The largest absolute Gasteiger partial charge is 0.348 e. The monoisotopic (exact) mass is 268 g/mol. The van der Waals surface area contributed by atoms with E-state index in [1.165, 1.54) is 0 Å². The van der Waals surface area contributed by atoms with E-state index in [-0.39, 0.29) is 11.9 Å². The molecule has 2 aromatic rings. The van der Waals surface area contributed by atoms with Gasteiger partial charge in [0, 0.05) is 18.2 Å². The van der Waals surface area contributed by atoms with Gasteiger partial charge in [-0.3, -0.25) is 4.79 Å². The third-order valence-corrected chi connectivity index (χ3v) is 4.16. The highest BCUT2D eigenvalue weighted by Gasteiger charge is 2.22. The number of fused-ring (bicyclic) bond motifs is 1. The molecular formula is C17H20N2O. The van der Waals surface area contributed by atoms with Gasteiger partial charge in [0.25, 0.3) is 5.91 Å². The highest BCUT2D eigenvalue weighted by Crippen LogP contribution is 2.17. The van der Waals surface area contributed by atoms with Crippen molar-refractivity contribution >= 4 is 16.7 Å². The summed E-state index contributed by atoms with van der Waals surface area (Å²) in [6.07, 6.45) is 1.11. The van der Waals surface area contributed by atoms with Gasteiger partial charge in [-0.15, -0.1) is 0 Å². The molecule has 2 aromatic carbocycles. The SMILES string of the molecule is CC1CCNCC1NC(=O)c1ccc2ccccc2c1. The molecule has 1 aliphatic rings. The molecule has 3 rings (SSSR count). The Bertz CT molecular complexity index is 623. The van der Waals surface area contributed by atoms with Crippen molar-refractivity contribution in [3.8, 4) is 0 Å². The molecule has 0 radical (unpaired) electrons. The van der Waals surface area contributed by atoms with Crippen molar-refractivity contribution in [1.82, 2.24) is 10.6 Å². The van der Waals surface area contributed by atoms with Crippen molar-refractivity contribution in [3.05, 3.63) is 48.0 Å². The number of carbonyl (C=O) groups is 1. The van der Waals surface area contributed by atoms with Crippen molar-refractivity contribution in [2.45, 2.75) is 19.4 Å². The topological polar surface area (TPSA) is 41.1 Å². The molecule has 1 amide bonds. The number of hydrogen-bond donors (Lipinski definition) is 2. The molecule has 2 N–H and O–H groups in total. The van der Waals surface area contributed by atoms with Crippen LogP contribution in [0.15, 0.2) is 42.5 Å². The highest BCUT2D eigenvalue weighted by atomic mass is 16.1. The standard InChI is InChI=1S/C17H20N2O/c1-12-8-9-18-11-16(12)19-17(20)15-7-6-13-4-2-3-5-14(13)10-15/h2-7,10,12,16,18H,8-9,11H2,1H3,(H,19,20). The molecule has 2 atom stereocenters. The summed E-state index contributed by atoms with van der Waals surface area (Å²) in [6, 6.07) is 14.2. The first-order chi connectivity index (χ1) is 9.74. The Morgan fingerprint density at radius 1 is 1.20 bits per heavy atom. The number of carbonyl (C=O) groups excluding carboxylic acids is 1. The Balaban J connectivity index is 1.78. The number of amides is 1. The van der Waals surface area contributed by atoms with Crippen LogP contribution in [0.25, 0.3) is 10.8 Å². The zero-order valence-corrected chi connectivity index (χ0v) is 11.7. The molecule has 3 heteroatoms. The van der Waals surface area contributed by atoms with Gasteiger partial charge in [0.05, 0.1) is 0 Å². The van der Waals surface area contributed by atoms with Crippen LogP contribution in [0.2, 0.25) is 0 Å². The van der Waals surface area contributed by atoms with Gasteiger partial charge in [-0.05, 0) is 41.8 Å². The minimum atomic E-state index is 0.0244. The lowest BCUT2D eigenvalue weighted by Crippen LogP contribution is -2.50. The van der Waals surface area contributed by atoms with E-state index in [1.54, 1.807) is 0 Å². The fourth-order valence-electron chi connectivity index (χ4n) is 2.77. The molecular weight excluding hydrogens is 248 g/mol. The van der Waals surface area contributed by atoms with Gasteiger partial charge in [0.2, 0.25) is 0 Å². The van der Waals surface area contributed by atoms with Crippen molar-refractivity contribution < 1.29 is 4.79 Å². The predicted octanol–water partition coefficient (Wildman–Crippen LogP) is 2.57. The lowest BCUT2D eigenvalue weighted by Gasteiger charge is -2.30. The van der Waals surface area contributed by atoms with E-state index in [0.717, 1.165) is 35.8 Å². The summed E-state index contributed by atoms with van der Waals surface area (Å²) in [5.74, 6) is 0.553. The van der Waals surface area contributed by atoms with E-state index in [4.69, 9.17) is 0 Å². The van der Waals surface area contributed by atoms with Gasteiger partial charge in [-0.25, -0.2) is 0 Å². The summed E-state index contributed by atoms with van der Waals surface area (Å²) >= 11 is 0. The van der Waals surface area contributed by atoms with Crippen LogP contribution in [0.5, 0.6) is 0 Å². The molecule has 0 spiro atoms. The zero-order chi connectivity index (χ0) is 13.9. The Morgan fingerprint density at radius 2 is 2.00 bits per heavy atom. The molecule has 0 aliphatic carbocycles. The van der Waals surface area contributed by atoms with Gasteiger partial charge in [-0.1, -0.05) is 37.3 Å². The van der Waals surface area contributed by atoms with E-state index in [2.05, 4.69) is 23.6 Å². The van der Waals surface area contributed by atoms with E-state index < -0.39 is 0 Å². The summed E-state index contributed by atoms with van der Waals surface area (Å²) in [6.45, 7) is 4.11. The van der Waals surface area contributed by atoms with E-state index in [9.17, 15) is 4.79 Å². The normalized spacial score (nSPS) is 22.6. The number of rotatable bonds is 2. The Labute approximate surface area is 119 Å². The smallest absolute Gasteiger partial charge is 0.251 e. The van der Waals surface area contributed by atoms with Crippen LogP contribution >= 0.6 is 0 Å². The van der Waals surface area contributed by atoms with Gasteiger partial charge in [0.1, 0.15) is 0 Å². The molecule has 20 heavy (non-hydrogen) atoms. The van der Waals surface area contributed by atoms with Crippen LogP contribution in [0, 0.1) is 5.92 Å². The van der Waals surface area contributed by atoms with Crippen LogP contribution < -0.4 is 10.6 Å². The Hall–Kier alpha value is -1.87. The number of piperidine rings is 1. The highest BCUT2D eigenvalue weighted by molar-refractivity contribution is 5.98. The maximum absolute atomic E-state index is 12.4. The summed E-state index contributed by atoms with van der Waals surface area (Å²) in [5.41, 5.74) is 0.737. The van der Waals surface area contributed by atoms with Crippen LogP contribution in [-0.4, -0.2) is 25.0 Å². The van der Waals surface area contributed by atoms with Crippen LogP contribution in [0.1, 0.15) is 23.7 Å². The molecule has 3 nitrogen and oxygen atoms in total. The van der Waals surface area contributed by atoms with Crippen molar-refractivity contribution in [3.63, 3.8) is 0 Å². The first-order valence-corrected chi connectivity index (χ1v) is 7.24. The maximum Gasteiger partial charge on any atom is 0.251 e. The minimum absolute atomic E-state index is 0.0244. The quantitative estimate of drug-likeness (QED) is 0.879. The van der Waals surface area contributed by atoms with Crippen LogP contribution in [0.4, 0.5) is 0 Å². The second kappa shape index (κ2) is 5.63. The van der Waals surface area contributed by atoms with Gasteiger partial charge in [0.15, 0.2) is 0 Å². The van der Waals surface area contributed by atoms with Gasteiger partial charge in [-0.2, -0.15) is 0 Å². The zero-order valence-electron chi connectivity index (χ0n) is 11.7. The molecule has 0 bridgehead atoms. The number of benzene rings is 2. The minimum Gasteiger partial charge on any atom is -0.348 e. The third-order valence-electron chi connectivity index (χ3n) is 4.16. The van der Waals surface area contributed by atoms with Crippen molar-refractivity contribution in [1.29, 1.82) is 0 Å². The number of hydrogen-bond acceptors (Lipinski definition) is 2. The number of nitrogens with one attached hydrogen (secondary N) is 2. The van der Waals surface area contributed by atoms with Gasteiger partial charge >= 0.3 is 0 Å².